The molecule has 0 fully saturated rings. The average Bonchev–Trinajstić information content (AvgIpc) is 2.57. The normalized spacial score (nSPS) is 17.8. The Morgan fingerprint density at radius 1 is 1.48 bits per heavy atom. The predicted octanol–water partition coefficient (Wildman–Crippen LogP) is 3.38. The molecule has 1 aromatic carbocycles. The van der Waals surface area contributed by atoms with Crippen molar-refractivity contribution >= 4 is 34.9 Å². The summed E-state index contributed by atoms with van der Waals surface area (Å²) in [5, 5.41) is 4.86. The minimum absolute atomic E-state index is 0.212. The number of hydrogen-bond donors (Lipinski definition) is 1. The third-order valence-electron chi connectivity index (χ3n) is 3.41. The van der Waals surface area contributed by atoms with E-state index in [2.05, 4.69) is 5.32 Å². The van der Waals surface area contributed by atoms with E-state index in [0.29, 0.717) is 35.8 Å². The number of rotatable bonds is 4. The van der Waals surface area contributed by atoms with E-state index in [1.54, 1.807) is 18.2 Å². The Labute approximate surface area is 129 Å². The van der Waals surface area contributed by atoms with Crippen LogP contribution >= 0.6 is 11.6 Å². The van der Waals surface area contributed by atoms with Crippen LogP contribution in [0.1, 0.15) is 33.1 Å². The fraction of sp³-hybridized carbons (Fsp3) is 0.467. The molecule has 1 heterocycles. The molecule has 0 saturated carbocycles. The number of hydroxylamine groups is 1. The van der Waals surface area contributed by atoms with Gasteiger partial charge in [-0.05, 0) is 31.0 Å². The van der Waals surface area contributed by atoms with Gasteiger partial charge in [0.25, 0.3) is 5.91 Å². The standard InChI is InChI=1S/C15H19ClN2O3/c1-3-5-14(19)21-18-13-7-6-11(16)8-12(13)17-9-10(4-2)15(18)20/h6-8,10,17H,3-5,9H2,1-2H3. The molecule has 1 aliphatic rings. The molecule has 1 aromatic rings. The van der Waals surface area contributed by atoms with Crippen LogP contribution in [0.4, 0.5) is 11.4 Å². The number of fused-ring (bicyclic) bond motifs is 1. The lowest BCUT2D eigenvalue weighted by atomic mass is 10.1. The lowest BCUT2D eigenvalue weighted by Crippen LogP contribution is -2.38. The number of benzene rings is 1. The highest BCUT2D eigenvalue weighted by molar-refractivity contribution is 6.31. The minimum atomic E-state index is -0.413. The maximum atomic E-state index is 12.5. The molecule has 6 heteroatoms. The Hall–Kier alpha value is -1.75. The first-order valence-electron chi connectivity index (χ1n) is 7.15. The zero-order valence-electron chi connectivity index (χ0n) is 12.2. The van der Waals surface area contributed by atoms with Gasteiger partial charge in [-0.1, -0.05) is 25.4 Å². The highest BCUT2D eigenvalue weighted by Gasteiger charge is 2.32. The fourth-order valence-corrected chi connectivity index (χ4v) is 2.37. The summed E-state index contributed by atoms with van der Waals surface area (Å²) in [6.45, 7) is 4.30. The van der Waals surface area contributed by atoms with Gasteiger partial charge in [-0.3, -0.25) is 4.79 Å². The molecule has 2 rings (SSSR count). The minimum Gasteiger partial charge on any atom is -0.382 e. The number of carbonyl (C=O) groups is 2. The van der Waals surface area contributed by atoms with Gasteiger partial charge in [-0.15, -0.1) is 5.06 Å². The molecule has 1 N–H and O–H groups in total. The van der Waals surface area contributed by atoms with E-state index < -0.39 is 5.97 Å². The fourth-order valence-electron chi connectivity index (χ4n) is 2.20. The summed E-state index contributed by atoms with van der Waals surface area (Å²) >= 11 is 5.99. The molecule has 0 aromatic heterocycles. The third-order valence-corrected chi connectivity index (χ3v) is 3.64. The van der Waals surface area contributed by atoms with Gasteiger partial charge in [0.05, 0.1) is 11.6 Å². The quantitative estimate of drug-likeness (QED) is 0.926. The zero-order valence-corrected chi connectivity index (χ0v) is 12.9. The van der Waals surface area contributed by atoms with E-state index in [1.807, 2.05) is 13.8 Å². The van der Waals surface area contributed by atoms with Crippen molar-refractivity contribution in [3.05, 3.63) is 23.2 Å². The largest absolute Gasteiger partial charge is 0.382 e. The molecule has 1 amide bonds. The van der Waals surface area contributed by atoms with Crippen molar-refractivity contribution < 1.29 is 14.4 Å². The summed E-state index contributed by atoms with van der Waals surface area (Å²) in [6.07, 6.45) is 1.61. The number of nitrogens with one attached hydrogen (secondary N) is 1. The van der Waals surface area contributed by atoms with E-state index in [0.717, 1.165) is 5.06 Å². The second kappa shape index (κ2) is 6.80. The first kappa shape index (κ1) is 15.6. The first-order valence-corrected chi connectivity index (χ1v) is 7.52. The van der Waals surface area contributed by atoms with Gasteiger partial charge in [0.2, 0.25) is 0 Å². The highest BCUT2D eigenvalue weighted by Crippen LogP contribution is 2.33. The van der Waals surface area contributed by atoms with Crippen LogP contribution in [0.15, 0.2) is 18.2 Å². The van der Waals surface area contributed by atoms with Crippen LogP contribution in [0.25, 0.3) is 0 Å². The Kier molecular flexibility index (Phi) is 5.07. The molecule has 0 saturated heterocycles. The molecule has 5 nitrogen and oxygen atoms in total. The molecule has 0 spiro atoms. The highest BCUT2D eigenvalue weighted by atomic mass is 35.5. The lowest BCUT2D eigenvalue weighted by Gasteiger charge is -2.22. The van der Waals surface area contributed by atoms with Gasteiger partial charge < -0.3 is 10.2 Å². The first-order chi connectivity index (χ1) is 10.1. The van der Waals surface area contributed by atoms with Crippen LogP contribution in [-0.4, -0.2) is 18.4 Å². The molecular weight excluding hydrogens is 292 g/mol. The van der Waals surface area contributed by atoms with E-state index in [4.69, 9.17) is 16.4 Å². The summed E-state index contributed by atoms with van der Waals surface area (Å²) in [6, 6.07) is 5.07. The third kappa shape index (κ3) is 3.47. The summed E-state index contributed by atoms with van der Waals surface area (Å²) in [5.41, 5.74) is 1.21. The van der Waals surface area contributed by atoms with Crippen molar-refractivity contribution in [2.24, 2.45) is 5.92 Å². The van der Waals surface area contributed by atoms with Crippen molar-refractivity contribution in [1.82, 2.24) is 0 Å². The monoisotopic (exact) mass is 310 g/mol. The SMILES string of the molecule is CCCC(=O)ON1C(=O)C(CC)CNc2cc(Cl)ccc21. The lowest BCUT2D eigenvalue weighted by molar-refractivity contribution is -0.151. The Bertz CT molecular complexity index is 548. The molecule has 0 radical (unpaired) electrons. The number of nitrogens with zero attached hydrogens (tertiary/aromatic N) is 1. The molecule has 0 bridgehead atoms. The van der Waals surface area contributed by atoms with E-state index in [1.165, 1.54) is 0 Å². The predicted molar refractivity (Wildman–Crippen MR) is 82.2 cm³/mol. The molecule has 1 atom stereocenters. The Morgan fingerprint density at radius 3 is 2.90 bits per heavy atom. The molecule has 21 heavy (non-hydrogen) atoms. The van der Waals surface area contributed by atoms with Crippen molar-refractivity contribution in [1.29, 1.82) is 0 Å². The summed E-state index contributed by atoms with van der Waals surface area (Å²) in [4.78, 5) is 29.6. The van der Waals surface area contributed by atoms with Gasteiger partial charge in [-0.2, -0.15) is 0 Å². The van der Waals surface area contributed by atoms with Crippen LogP contribution in [-0.2, 0) is 14.4 Å². The van der Waals surface area contributed by atoms with Crippen molar-refractivity contribution in [3.63, 3.8) is 0 Å². The molecule has 114 valence electrons. The average molecular weight is 311 g/mol. The van der Waals surface area contributed by atoms with Crippen LogP contribution in [0.5, 0.6) is 0 Å². The summed E-state index contributed by atoms with van der Waals surface area (Å²) in [5.74, 6) is -0.871. The maximum Gasteiger partial charge on any atom is 0.333 e. The zero-order chi connectivity index (χ0) is 15.4. The van der Waals surface area contributed by atoms with E-state index in [9.17, 15) is 9.59 Å². The van der Waals surface area contributed by atoms with E-state index >= 15 is 0 Å². The second-order valence-corrected chi connectivity index (χ2v) is 5.43. The maximum absolute atomic E-state index is 12.5. The number of anilines is 2. The number of amides is 1. The van der Waals surface area contributed by atoms with Crippen molar-refractivity contribution in [2.45, 2.75) is 33.1 Å². The topological polar surface area (TPSA) is 58.6 Å². The Morgan fingerprint density at radius 2 is 2.24 bits per heavy atom. The van der Waals surface area contributed by atoms with E-state index in [-0.39, 0.29) is 18.2 Å². The van der Waals surface area contributed by atoms with Gasteiger partial charge >= 0.3 is 5.97 Å². The smallest absolute Gasteiger partial charge is 0.333 e. The molecule has 1 unspecified atom stereocenters. The Balaban J connectivity index is 2.36. The van der Waals surface area contributed by atoms with Gasteiger partial charge in [0.15, 0.2) is 0 Å². The molecular formula is C15H19ClN2O3. The van der Waals surface area contributed by atoms with Gasteiger partial charge in [-0.25, -0.2) is 4.79 Å². The number of halogens is 1. The van der Waals surface area contributed by atoms with Gasteiger partial charge in [0.1, 0.15) is 5.69 Å². The van der Waals surface area contributed by atoms with Crippen LogP contribution < -0.4 is 10.4 Å². The van der Waals surface area contributed by atoms with Crippen LogP contribution in [0.2, 0.25) is 5.02 Å². The van der Waals surface area contributed by atoms with Crippen molar-refractivity contribution in [3.8, 4) is 0 Å². The number of hydrogen-bond acceptors (Lipinski definition) is 4. The van der Waals surface area contributed by atoms with Gasteiger partial charge in [0, 0.05) is 18.0 Å². The number of carbonyl (C=O) groups excluding carboxylic acids is 2. The molecule has 1 aliphatic heterocycles. The van der Waals surface area contributed by atoms with Crippen LogP contribution in [0, 0.1) is 5.92 Å². The van der Waals surface area contributed by atoms with Crippen molar-refractivity contribution in [2.75, 3.05) is 16.9 Å². The summed E-state index contributed by atoms with van der Waals surface area (Å²) in [7, 11) is 0. The van der Waals surface area contributed by atoms with Crippen LogP contribution in [0.3, 0.4) is 0 Å². The second-order valence-electron chi connectivity index (χ2n) is 4.99. The molecule has 0 aliphatic carbocycles. The summed E-state index contributed by atoms with van der Waals surface area (Å²) < 4.78 is 0.